The molecule has 1 saturated heterocycles. The van der Waals surface area contributed by atoms with Crippen LogP contribution >= 0.6 is 0 Å². The van der Waals surface area contributed by atoms with Crippen molar-refractivity contribution in [3.05, 3.63) is 35.9 Å². The summed E-state index contributed by atoms with van der Waals surface area (Å²) in [6.07, 6.45) is 0.911. The van der Waals surface area contributed by atoms with Crippen molar-refractivity contribution in [2.75, 3.05) is 26.2 Å². The van der Waals surface area contributed by atoms with Gasteiger partial charge in [-0.05, 0) is 57.9 Å². The lowest BCUT2D eigenvalue weighted by molar-refractivity contribution is -0.143. The van der Waals surface area contributed by atoms with Crippen LogP contribution in [-0.2, 0) is 30.5 Å². The van der Waals surface area contributed by atoms with Gasteiger partial charge in [0, 0.05) is 19.0 Å². The van der Waals surface area contributed by atoms with Crippen LogP contribution in [0.4, 0.5) is 13.6 Å². The van der Waals surface area contributed by atoms with Gasteiger partial charge in [-0.25, -0.2) is 13.6 Å². The molecule has 3 rings (SSSR count). The van der Waals surface area contributed by atoms with E-state index < -0.39 is 48.5 Å². The van der Waals surface area contributed by atoms with Gasteiger partial charge >= 0.3 is 12.1 Å². The second kappa shape index (κ2) is 13.9. The monoisotopic (exact) mass is 566 g/mol. The molecular formula is C28H40F2N4O6. The maximum Gasteiger partial charge on any atom is 0.408 e. The fourth-order valence-electron chi connectivity index (χ4n) is 4.88. The number of halogens is 2. The Morgan fingerprint density at radius 3 is 2.33 bits per heavy atom. The van der Waals surface area contributed by atoms with E-state index >= 15 is 0 Å². The Morgan fingerprint density at radius 2 is 1.73 bits per heavy atom. The number of alkyl carbamates (subject to hydrolysis) is 1. The lowest BCUT2D eigenvalue weighted by Gasteiger charge is -2.35. The molecule has 0 aromatic heterocycles. The third-order valence-corrected chi connectivity index (χ3v) is 6.83. The zero-order valence-corrected chi connectivity index (χ0v) is 23.3. The lowest BCUT2D eigenvalue weighted by atomic mass is 9.81. The molecule has 1 aromatic carbocycles. The highest BCUT2D eigenvalue weighted by atomic mass is 19.3. The number of rotatable bonds is 10. The van der Waals surface area contributed by atoms with Crippen LogP contribution in [-0.4, -0.2) is 78.6 Å². The minimum Gasteiger partial charge on any atom is -0.460 e. The number of esters is 1. The molecule has 3 amide bonds. The lowest BCUT2D eigenvalue weighted by Crippen LogP contribution is -2.54. The van der Waals surface area contributed by atoms with Crippen LogP contribution in [0.15, 0.2) is 30.3 Å². The molecule has 1 aliphatic carbocycles. The number of likely N-dealkylation sites (tertiary alicyclic amines) is 1. The highest BCUT2D eigenvalue weighted by Crippen LogP contribution is 2.31. The zero-order valence-electron chi connectivity index (χ0n) is 23.3. The number of alkyl halides is 2. The highest BCUT2D eigenvalue weighted by molar-refractivity contribution is 5.86. The van der Waals surface area contributed by atoms with Crippen LogP contribution in [0.25, 0.3) is 0 Å². The van der Waals surface area contributed by atoms with Crippen LogP contribution in [0.1, 0.15) is 58.4 Å². The molecule has 12 heteroatoms. The predicted octanol–water partition coefficient (Wildman–Crippen LogP) is 2.76. The quantitative estimate of drug-likeness (QED) is 0.372. The number of ether oxygens (including phenoxy) is 2. The predicted molar refractivity (Wildman–Crippen MR) is 142 cm³/mol. The summed E-state index contributed by atoms with van der Waals surface area (Å²) >= 11 is 0. The maximum absolute atomic E-state index is 13.8. The van der Waals surface area contributed by atoms with Crippen LogP contribution < -0.4 is 16.0 Å². The third kappa shape index (κ3) is 10.4. The van der Waals surface area contributed by atoms with Gasteiger partial charge in [0.1, 0.15) is 18.2 Å². The van der Waals surface area contributed by atoms with E-state index in [1.54, 1.807) is 20.8 Å². The van der Waals surface area contributed by atoms with E-state index in [1.165, 1.54) is 0 Å². The zero-order chi connectivity index (χ0) is 29.3. The number of hydrogen-bond acceptors (Lipinski definition) is 7. The van der Waals surface area contributed by atoms with Crippen molar-refractivity contribution in [1.82, 2.24) is 20.9 Å². The van der Waals surface area contributed by atoms with Crippen molar-refractivity contribution in [3.63, 3.8) is 0 Å². The van der Waals surface area contributed by atoms with E-state index in [2.05, 4.69) is 16.0 Å². The van der Waals surface area contributed by atoms with E-state index in [0.29, 0.717) is 25.7 Å². The first-order valence-electron chi connectivity index (χ1n) is 13.7. The van der Waals surface area contributed by atoms with Gasteiger partial charge in [0.05, 0.1) is 19.6 Å². The number of benzene rings is 1. The molecule has 1 atom stereocenters. The smallest absolute Gasteiger partial charge is 0.408 e. The average Bonchev–Trinajstić information content (AvgIpc) is 3.25. The Labute approximate surface area is 233 Å². The summed E-state index contributed by atoms with van der Waals surface area (Å²) in [4.78, 5) is 51.1. The fourth-order valence-corrected chi connectivity index (χ4v) is 4.88. The fraction of sp³-hybridized carbons (Fsp3) is 0.643. The molecule has 0 radical (unpaired) electrons. The number of carbonyl (C=O) groups excluding carboxylic acids is 4. The first-order chi connectivity index (χ1) is 18.8. The molecular weight excluding hydrogens is 526 g/mol. The number of nitrogens with one attached hydrogen (secondary N) is 3. The van der Waals surface area contributed by atoms with Gasteiger partial charge in [0.2, 0.25) is 11.8 Å². The van der Waals surface area contributed by atoms with Crippen LogP contribution in [0.5, 0.6) is 0 Å². The number of amides is 3. The first kappa shape index (κ1) is 31.3. The van der Waals surface area contributed by atoms with Crippen LogP contribution in [0.2, 0.25) is 0 Å². The van der Waals surface area contributed by atoms with Crippen molar-refractivity contribution in [1.29, 1.82) is 0 Å². The molecule has 0 unspecified atom stereocenters. The first-order valence-corrected chi connectivity index (χ1v) is 13.7. The summed E-state index contributed by atoms with van der Waals surface area (Å²) in [5.74, 6) is -4.53. The maximum atomic E-state index is 13.8. The third-order valence-electron chi connectivity index (χ3n) is 6.83. The van der Waals surface area contributed by atoms with E-state index in [-0.39, 0.29) is 44.1 Å². The standard InChI is InChI=1S/C28H40F2N4O6/c1-27(2,3)40-26(38)33-24(25(37)34-14-13-28(29,30)18-34)20-9-11-21(12-10-20)32-22(35)15-31-16-23(36)39-17-19-7-5-4-6-8-19/h4-8,20-21,24,31H,9-18H2,1-3H3,(H,32,35)(H,33,38)/t20?,21?,24-/m0/s1. The Balaban J connectivity index is 1.44. The van der Waals surface area contributed by atoms with E-state index in [4.69, 9.17) is 9.47 Å². The summed E-state index contributed by atoms with van der Waals surface area (Å²) in [7, 11) is 0. The van der Waals surface area contributed by atoms with Gasteiger partial charge < -0.3 is 25.0 Å². The average molecular weight is 567 g/mol. The van der Waals surface area contributed by atoms with Crippen molar-refractivity contribution < 1.29 is 37.4 Å². The van der Waals surface area contributed by atoms with Crippen LogP contribution in [0, 0.1) is 5.92 Å². The minimum absolute atomic E-state index is 0.0646. The summed E-state index contributed by atoms with van der Waals surface area (Å²) < 4.78 is 38.0. The van der Waals surface area contributed by atoms with E-state index in [0.717, 1.165) is 10.5 Å². The largest absolute Gasteiger partial charge is 0.460 e. The highest BCUT2D eigenvalue weighted by Gasteiger charge is 2.44. The van der Waals surface area contributed by atoms with Crippen molar-refractivity contribution in [2.45, 2.75) is 83.1 Å². The molecule has 0 spiro atoms. The van der Waals surface area contributed by atoms with Gasteiger partial charge in [-0.1, -0.05) is 30.3 Å². The van der Waals surface area contributed by atoms with E-state index in [1.807, 2.05) is 30.3 Å². The minimum atomic E-state index is -2.94. The molecule has 0 bridgehead atoms. The Morgan fingerprint density at radius 1 is 1.05 bits per heavy atom. The summed E-state index contributed by atoms with van der Waals surface area (Å²) in [6.45, 7) is 4.33. The van der Waals surface area contributed by atoms with Crippen molar-refractivity contribution in [3.8, 4) is 0 Å². The normalized spacial score (nSPS) is 21.3. The second-order valence-corrected chi connectivity index (χ2v) is 11.4. The summed E-state index contributed by atoms with van der Waals surface area (Å²) in [5, 5.41) is 8.31. The van der Waals surface area contributed by atoms with Gasteiger partial charge in [-0.2, -0.15) is 0 Å². The van der Waals surface area contributed by atoms with Crippen molar-refractivity contribution in [2.24, 2.45) is 5.92 Å². The Bertz CT molecular complexity index is 1030. The molecule has 10 nitrogen and oxygen atoms in total. The van der Waals surface area contributed by atoms with Gasteiger partial charge in [0.15, 0.2) is 0 Å². The second-order valence-electron chi connectivity index (χ2n) is 11.4. The van der Waals surface area contributed by atoms with E-state index in [9.17, 15) is 28.0 Å². The number of carbonyl (C=O) groups is 4. The Hall–Kier alpha value is -3.28. The van der Waals surface area contributed by atoms with Crippen LogP contribution in [0.3, 0.4) is 0 Å². The molecule has 3 N–H and O–H groups in total. The molecule has 1 heterocycles. The van der Waals surface area contributed by atoms with Gasteiger partial charge in [-0.3, -0.25) is 19.7 Å². The molecule has 40 heavy (non-hydrogen) atoms. The molecule has 1 aromatic rings. The number of hydrogen-bond donors (Lipinski definition) is 3. The summed E-state index contributed by atoms with van der Waals surface area (Å²) in [5.41, 5.74) is 0.0836. The number of nitrogens with zero attached hydrogens (tertiary/aromatic N) is 1. The van der Waals surface area contributed by atoms with Gasteiger partial charge in [-0.15, -0.1) is 0 Å². The molecule has 1 saturated carbocycles. The molecule has 2 aliphatic rings. The van der Waals surface area contributed by atoms with Crippen molar-refractivity contribution >= 4 is 23.9 Å². The summed E-state index contributed by atoms with van der Waals surface area (Å²) in [6, 6.07) is 8.12. The molecule has 222 valence electrons. The SMILES string of the molecule is CC(C)(C)OC(=O)N[C@H](C(=O)N1CCC(F)(F)C1)C1CCC(NC(=O)CNCC(=O)OCc2ccccc2)CC1. The molecule has 2 fully saturated rings. The topological polar surface area (TPSA) is 126 Å². The van der Waals surface area contributed by atoms with Gasteiger partial charge in [0.25, 0.3) is 5.92 Å². The Kier molecular flexibility index (Phi) is 10.8. The molecule has 1 aliphatic heterocycles.